The predicted octanol–water partition coefficient (Wildman–Crippen LogP) is 10.3. The number of imidazole rings is 3. The Morgan fingerprint density at radius 3 is 0.912 bits per heavy atom. The molecule has 636 valence electrons. The van der Waals surface area contributed by atoms with Gasteiger partial charge < -0.3 is 59.8 Å². The molecule has 0 aliphatic carbocycles. The average Bonchev–Trinajstić information content (AvgIpc) is 1.59. The Balaban J connectivity index is 0.000000181. The summed E-state index contributed by atoms with van der Waals surface area (Å²) in [6.07, 6.45) is -2.21. The molecule has 0 radical (unpaired) electrons. The van der Waals surface area contributed by atoms with Crippen LogP contribution in [0.2, 0.25) is 0 Å². The highest BCUT2D eigenvalue weighted by molar-refractivity contribution is 7.52. The number of ether oxygens (including phenoxy) is 9. The van der Waals surface area contributed by atoms with Gasteiger partial charge >= 0.3 is 41.1 Å². The van der Waals surface area contributed by atoms with Crippen molar-refractivity contribution in [2.75, 3.05) is 76.7 Å². The van der Waals surface area contributed by atoms with Gasteiger partial charge in [0.15, 0.2) is 52.2 Å². The Kier molecular flexibility index (Phi) is 27.5. The number of hydrogen-bond acceptors (Lipinski definition) is 33. The lowest BCUT2D eigenvalue weighted by Crippen LogP contribution is -2.49. The first-order valence-electron chi connectivity index (χ1n) is 37.5. The van der Waals surface area contributed by atoms with Crippen LogP contribution < -0.4 is 46.7 Å². The second kappa shape index (κ2) is 34.7. The first-order chi connectivity index (χ1) is 53.0. The van der Waals surface area contributed by atoms with E-state index in [1.807, 2.05) is 83.1 Å². The number of alkyl halides is 3. The van der Waals surface area contributed by atoms with Crippen LogP contribution >= 0.6 is 58.0 Å². The number of fused-ring (bicyclic) bond motifs is 6. The quantitative estimate of drug-likeness (QED) is 0.0142. The Bertz CT molecular complexity index is 4150. The van der Waals surface area contributed by atoms with Crippen LogP contribution in [0.1, 0.15) is 164 Å². The smallest absolute Gasteiger partial charge is 0.406 e. The number of nitrogen functional groups attached to an aromatic ring is 3. The zero-order valence-electron chi connectivity index (χ0n) is 67.9. The number of nitrogens with zero attached hydrogens (tertiary/aromatic N) is 12. The molecular weight excluding hydrogens is 1620 g/mol. The standard InChI is InChI=1S/3C23H36ClN6O7P/c3*1-8-33-18-15-17(27-21(25)28-18)30(11-26-15)20-23(7,24)16-13(36-20)9-35-38(32,37-16)29-14(22(4,5)6)10-34-19(31)12(2)3/h3*11-14,16,20H,8-10H2,1-7H3,(H,29,32)(H2,25,27,28)/t13-,14?,16-,20-,23-,38+;13-,14?,16-,20-,23-,38-;13-,14-,16-,20-,23-,38+/m111/s1. The van der Waals surface area contributed by atoms with E-state index in [0.717, 1.165) is 0 Å². The highest BCUT2D eigenvalue weighted by Gasteiger charge is 2.64. The topological polar surface area (TPSA) is 486 Å². The number of carbonyl (C=O) groups is 3. The third kappa shape index (κ3) is 19.8. The molecule has 6 saturated heterocycles. The maximum absolute atomic E-state index is 13.8. The molecule has 6 aromatic heterocycles. The Hall–Kier alpha value is -6.06. The number of hydrogen-bond donors (Lipinski definition) is 6. The summed E-state index contributed by atoms with van der Waals surface area (Å²) in [5, 5.41) is 8.92. The van der Waals surface area contributed by atoms with Crippen LogP contribution in [0.5, 0.6) is 17.6 Å². The summed E-state index contributed by atoms with van der Waals surface area (Å²) in [6.45, 7) is 39.5. The van der Waals surface area contributed by atoms with Gasteiger partial charge in [-0.3, -0.25) is 55.2 Å². The van der Waals surface area contributed by atoms with Crippen molar-refractivity contribution in [3.63, 3.8) is 0 Å². The minimum atomic E-state index is -3.87. The van der Waals surface area contributed by atoms with Crippen molar-refractivity contribution in [2.45, 2.75) is 233 Å². The molecule has 39 nitrogen and oxygen atoms in total. The van der Waals surface area contributed by atoms with E-state index in [1.54, 1.807) is 76.0 Å². The molecule has 2 unspecified atom stereocenters. The van der Waals surface area contributed by atoms with Crippen molar-refractivity contribution in [3.05, 3.63) is 19.0 Å². The number of esters is 3. The molecule has 12 rings (SSSR count). The van der Waals surface area contributed by atoms with Gasteiger partial charge in [-0.1, -0.05) is 104 Å². The number of carbonyl (C=O) groups excluding carboxylic acids is 3. The van der Waals surface area contributed by atoms with Crippen molar-refractivity contribution < 1.29 is 97.9 Å². The summed E-state index contributed by atoms with van der Waals surface area (Å²) in [5.74, 6) is -1.15. The van der Waals surface area contributed by atoms with E-state index < -0.39 is 128 Å². The minimum Gasteiger partial charge on any atom is -0.476 e. The molecule has 0 bridgehead atoms. The van der Waals surface area contributed by atoms with Crippen molar-refractivity contribution in [1.29, 1.82) is 0 Å². The molecule has 6 fully saturated rings. The van der Waals surface area contributed by atoms with Crippen molar-refractivity contribution >= 4 is 127 Å². The minimum absolute atomic E-state index is 0.00704. The lowest BCUT2D eigenvalue weighted by Gasteiger charge is -2.39. The van der Waals surface area contributed by atoms with E-state index in [1.165, 1.54) is 19.0 Å². The summed E-state index contributed by atoms with van der Waals surface area (Å²) in [7, 11) is -11.6. The van der Waals surface area contributed by atoms with Gasteiger partial charge in [0.2, 0.25) is 35.5 Å². The molecule has 0 aromatic carbocycles. The fourth-order valence-electron chi connectivity index (χ4n) is 12.7. The highest BCUT2D eigenvalue weighted by atomic mass is 35.5. The van der Waals surface area contributed by atoms with Gasteiger partial charge in [0.05, 0.1) is 94.5 Å². The van der Waals surface area contributed by atoms with Crippen LogP contribution in [0.15, 0.2) is 19.0 Å². The van der Waals surface area contributed by atoms with Crippen molar-refractivity contribution in [1.82, 2.24) is 73.8 Å². The van der Waals surface area contributed by atoms with Gasteiger partial charge in [-0.2, -0.15) is 29.9 Å². The highest BCUT2D eigenvalue weighted by Crippen LogP contribution is 2.62. The number of anilines is 3. The summed E-state index contributed by atoms with van der Waals surface area (Å²) in [5.41, 5.74) is 18.7. The molecular formula is C69H108Cl3N18O21P3. The molecule has 0 spiro atoms. The second-order valence-corrected chi connectivity index (χ2v) is 40.5. The largest absolute Gasteiger partial charge is 0.476 e. The molecule has 114 heavy (non-hydrogen) atoms. The monoisotopic (exact) mass is 1720 g/mol. The van der Waals surface area contributed by atoms with E-state index in [-0.39, 0.29) is 111 Å². The third-order valence-electron chi connectivity index (χ3n) is 19.5. The van der Waals surface area contributed by atoms with Crippen molar-refractivity contribution in [3.8, 4) is 17.6 Å². The maximum Gasteiger partial charge on any atom is 0.406 e. The molecule has 9 N–H and O–H groups in total. The number of halogens is 3. The number of nitrogens with two attached hydrogens (primary N) is 3. The van der Waals surface area contributed by atoms with Gasteiger partial charge in [0, 0.05) is 0 Å². The van der Waals surface area contributed by atoms with Crippen LogP contribution in [0.4, 0.5) is 17.8 Å². The van der Waals surface area contributed by atoms with Crippen LogP contribution in [-0.2, 0) is 83.6 Å². The Labute approximate surface area is 676 Å². The van der Waals surface area contributed by atoms with Gasteiger partial charge in [-0.05, 0) is 57.8 Å². The van der Waals surface area contributed by atoms with Crippen LogP contribution in [0.25, 0.3) is 33.5 Å². The van der Waals surface area contributed by atoms with Crippen LogP contribution in [0, 0.1) is 34.0 Å². The van der Waals surface area contributed by atoms with E-state index in [4.69, 9.17) is 122 Å². The molecule has 0 saturated carbocycles. The van der Waals surface area contributed by atoms with Gasteiger partial charge in [0.25, 0.3) is 0 Å². The lowest BCUT2D eigenvalue weighted by molar-refractivity contribution is -0.149. The zero-order chi connectivity index (χ0) is 84.1. The molecule has 45 heteroatoms. The predicted molar refractivity (Wildman–Crippen MR) is 419 cm³/mol. The first-order valence-corrected chi connectivity index (χ1v) is 43.3. The molecule has 6 aliphatic heterocycles. The summed E-state index contributed by atoms with van der Waals surface area (Å²) in [4.78, 5) is 71.0. The molecule has 18 atom stereocenters. The van der Waals surface area contributed by atoms with E-state index >= 15 is 0 Å². The average molecular weight is 1730 g/mol. The second-order valence-electron chi connectivity index (χ2n) is 32.9. The summed E-state index contributed by atoms with van der Waals surface area (Å²) >= 11 is 21.2. The summed E-state index contributed by atoms with van der Waals surface area (Å²) in [6, 6.07) is -1.58. The first kappa shape index (κ1) is 90.3. The van der Waals surface area contributed by atoms with E-state index in [9.17, 15) is 28.1 Å². The van der Waals surface area contributed by atoms with E-state index in [0.29, 0.717) is 53.3 Å². The Morgan fingerprint density at radius 1 is 0.465 bits per heavy atom. The van der Waals surface area contributed by atoms with Crippen LogP contribution in [-0.4, -0.2) is 205 Å². The number of nitrogens with one attached hydrogen (secondary N) is 3. The summed E-state index contributed by atoms with van der Waals surface area (Å²) < 4.78 is 133. The lowest BCUT2D eigenvalue weighted by atomic mass is 9.88. The molecule has 6 aromatic rings. The number of aromatic nitrogens is 12. The van der Waals surface area contributed by atoms with Gasteiger partial charge in [-0.15, -0.1) is 34.8 Å². The molecule has 12 heterocycles. The maximum atomic E-state index is 13.8. The fraction of sp³-hybridized carbons (Fsp3) is 0.739. The zero-order valence-corrected chi connectivity index (χ0v) is 72.9. The third-order valence-corrected chi connectivity index (χ3v) is 25.6. The number of rotatable bonds is 24. The fourth-order valence-corrected chi connectivity index (χ4v) is 20.1. The molecule has 6 aliphatic rings. The molecule has 0 amide bonds. The Morgan fingerprint density at radius 2 is 0.702 bits per heavy atom. The van der Waals surface area contributed by atoms with Gasteiger partial charge in [-0.25, -0.2) is 43.9 Å². The normalized spacial score (nSPS) is 30.4. The SMILES string of the molecule is CCOc1nc(N)nc2c1ncn2[C@@H]1O[C@@H]2CO[P@@](=O)(NC(COC(=O)C(C)C)C(C)(C)C)O[C@H]2[C@@]1(C)Cl.CCOc1nc(N)nc2c1ncn2[C@@H]1O[C@@H]2CO[P@@](=O)(N[C@H](COC(=O)C(C)C)C(C)(C)C)O[C@H]2[C@@]1(C)Cl.CCOc1nc(N)nc2c1ncn2[C@@H]1O[C@@H]2CO[P@](=O)(NC(COC(=O)C(C)C)C(C)(C)C)O[C@H]2[C@@]1(C)Cl. The van der Waals surface area contributed by atoms with Crippen molar-refractivity contribution in [2.24, 2.45) is 34.0 Å². The van der Waals surface area contributed by atoms with Crippen LogP contribution in [0.3, 0.4) is 0 Å². The van der Waals surface area contributed by atoms with E-state index in [2.05, 4.69) is 60.1 Å². The van der Waals surface area contributed by atoms with Gasteiger partial charge in [0.1, 0.15) is 71.1 Å².